The summed E-state index contributed by atoms with van der Waals surface area (Å²) in [7, 11) is 0. The molecule has 1 aliphatic rings. The van der Waals surface area contributed by atoms with Gasteiger partial charge in [0.05, 0.1) is 0 Å². The molecule has 88 valence electrons. The molecular weight excluding hydrogens is 203 g/mol. The first kappa shape index (κ1) is 11.4. The van der Waals surface area contributed by atoms with Crippen LogP contribution < -0.4 is 10.6 Å². The van der Waals surface area contributed by atoms with Crippen LogP contribution in [0.2, 0.25) is 0 Å². The maximum atomic E-state index is 13.6. The average molecular weight is 222 g/mol. The Hall–Kier alpha value is -1.09. The zero-order valence-electron chi connectivity index (χ0n) is 9.75. The summed E-state index contributed by atoms with van der Waals surface area (Å²) in [5, 5.41) is 0. The molecule has 2 N–H and O–H groups in total. The Morgan fingerprint density at radius 1 is 1.38 bits per heavy atom. The smallest absolute Gasteiger partial charge is 0.129 e. The summed E-state index contributed by atoms with van der Waals surface area (Å²) in [6, 6.07) is 5.22. The molecule has 0 atom stereocenters. The van der Waals surface area contributed by atoms with Crippen molar-refractivity contribution in [3.8, 4) is 0 Å². The highest BCUT2D eigenvalue weighted by Crippen LogP contribution is 2.27. The van der Waals surface area contributed by atoms with Crippen molar-refractivity contribution in [1.82, 2.24) is 0 Å². The summed E-state index contributed by atoms with van der Waals surface area (Å²) >= 11 is 0. The number of benzene rings is 1. The summed E-state index contributed by atoms with van der Waals surface area (Å²) in [6.07, 6.45) is 2.36. The van der Waals surface area contributed by atoms with E-state index in [1.807, 2.05) is 6.07 Å². The number of rotatable bonds is 2. The largest absolute Gasteiger partial charge is 0.371 e. The van der Waals surface area contributed by atoms with E-state index in [1.165, 1.54) is 18.9 Å². The van der Waals surface area contributed by atoms with Crippen LogP contribution in [0.25, 0.3) is 0 Å². The topological polar surface area (TPSA) is 29.3 Å². The Labute approximate surface area is 96.2 Å². The lowest BCUT2D eigenvalue weighted by Gasteiger charge is -2.33. The second kappa shape index (κ2) is 4.83. The zero-order valence-corrected chi connectivity index (χ0v) is 9.75. The molecule has 1 aliphatic heterocycles. The van der Waals surface area contributed by atoms with Gasteiger partial charge in [0.2, 0.25) is 0 Å². The van der Waals surface area contributed by atoms with E-state index in [1.54, 1.807) is 6.07 Å². The lowest BCUT2D eigenvalue weighted by molar-refractivity contribution is 0.437. The fourth-order valence-corrected chi connectivity index (χ4v) is 2.30. The Morgan fingerprint density at radius 2 is 2.06 bits per heavy atom. The first-order valence-corrected chi connectivity index (χ1v) is 5.94. The van der Waals surface area contributed by atoms with E-state index < -0.39 is 0 Å². The highest BCUT2D eigenvalue weighted by atomic mass is 19.1. The average Bonchev–Trinajstić information content (AvgIpc) is 2.30. The predicted molar refractivity (Wildman–Crippen MR) is 64.9 cm³/mol. The molecule has 16 heavy (non-hydrogen) atoms. The molecule has 0 unspecified atom stereocenters. The molecule has 0 spiro atoms. The van der Waals surface area contributed by atoms with Crippen LogP contribution in [-0.4, -0.2) is 13.1 Å². The third-order valence-electron chi connectivity index (χ3n) is 3.42. The summed E-state index contributed by atoms with van der Waals surface area (Å²) in [5.74, 6) is 0.602. The van der Waals surface area contributed by atoms with Crippen molar-refractivity contribution in [2.24, 2.45) is 11.7 Å². The number of nitrogens with two attached hydrogens (primary N) is 1. The van der Waals surface area contributed by atoms with Gasteiger partial charge in [-0.15, -0.1) is 0 Å². The second-order valence-corrected chi connectivity index (χ2v) is 4.61. The van der Waals surface area contributed by atoms with Gasteiger partial charge in [-0.1, -0.05) is 13.0 Å². The predicted octanol–water partition coefficient (Wildman–Crippen LogP) is 2.52. The lowest BCUT2D eigenvalue weighted by atomic mass is 9.98. The molecule has 0 amide bonds. The van der Waals surface area contributed by atoms with Crippen LogP contribution in [0, 0.1) is 11.7 Å². The molecule has 0 radical (unpaired) electrons. The van der Waals surface area contributed by atoms with E-state index in [9.17, 15) is 4.39 Å². The Kier molecular flexibility index (Phi) is 3.44. The van der Waals surface area contributed by atoms with Crippen molar-refractivity contribution in [2.75, 3.05) is 18.0 Å². The quantitative estimate of drug-likeness (QED) is 0.833. The molecular formula is C13H19FN2. The number of hydrogen-bond donors (Lipinski definition) is 1. The molecule has 2 nitrogen and oxygen atoms in total. The zero-order chi connectivity index (χ0) is 11.5. The summed E-state index contributed by atoms with van der Waals surface area (Å²) < 4.78 is 13.6. The molecule has 0 aliphatic carbocycles. The molecule has 1 saturated heterocycles. The summed E-state index contributed by atoms with van der Waals surface area (Å²) in [4.78, 5) is 2.26. The minimum absolute atomic E-state index is 0.182. The van der Waals surface area contributed by atoms with Gasteiger partial charge in [0.15, 0.2) is 0 Å². The van der Waals surface area contributed by atoms with Crippen LogP contribution in [0.3, 0.4) is 0 Å². The molecule has 1 aromatic rings. The summed E-state index contributed by atoms with van der Waals surface area (Å²) in [6.45, 7) is 4.57. The van der Waals surface area contributed by atoms with Crippen LogP contribution in [0.1, 0.15) is 25.3 Å². The SMILES string of the molecule is CC1CCN(c2cccc(F)c2CN)CC1. The third-order valence-corrected chi connectivity index (χ3v) is 3.42. The molecule has 0 bridgehead atoms. The van der Waals surface area contributed by atoms with Gasteiger partial charge in [-0.25, -0.2) is 4.39 Å². The van der Waals surface area contributed by atoms with Gasteiger partial charge in [0.25, 0.3) is 0 Å². The lowest BCUT2D eigenvalue weighted by Crippen LogP contribution is -2.33. The first-order valence-electron chi connectivity index (χ1n) is 5.94. The molecule has 3 heteroatoms. The van der Waals surface area contributed by atoms with Crippen LogP contribution in [0.5, 0.6) is 0 Å². The van der Waals surface area contributed by atoms with Crippen molar-refractivity contribution < 1.29 is 4.39 Å². The van der Waals surface area contributed by atoms with Gasteiger partial charge in [-0.3, -0.25) is 0 Å². The van der Waals surface area contributed by atoms with E-state index in [-0.39, 0.29) is 12.4 Å². The maximum absolute atomic E-state index is 13.6. The van der Waals surface area contributed by atoms with Crippen molar-refractivity contribution in [3.05, 3.63) is 29.6 Å². The first-order chi connectivity index (χ1) is 7.72. The Bertz CT molecular complexity index is 357. The highest BCUT2D eigenvalue weighted by molar-refractivity contribution is 5.54. The summed E-state index contributed by atoms with van der Waals surface area (Å²) in [5.41, 5.74) is 7.25. The van der Waals surface area contributed by atoms with Gasteiger partial charge in [-0.05, 0) is 30.9 Å². The van der Waals surface area contributed by atoms with Gasteiger partial charge in [-0.2, -0.15) is 0 Å². The third kappa shape index (κ3) is 2.19. The Morgan fingerprint density at radius 3 is 2.69 bits per heavy atom. The maximum Gasteiger partial charge on any atom is 0.129 e. The van der Waals surface area contributed by atoms with Crippen LogP contribution >= 0.6 is 0 Å². The fraction of sp³-hybridized carbons (Fsp3) is 0.538. The molecule has 1 heterocycles. The number of anilines is 1. The van der Waals surface area contributed by atoms with Crippen LogP contribution in [-0.2, 0) is 6.54 Å². The number of nitrogens with zero attached hydrogens (tertiary/aromatic N) is 1. The second-order valence-electron chi connectivity index (χ2n) is 4.61. The van der Waals surface area contributed by atoms with Crippen molar-refractivity contribution in [1.29, 1.82) is 0 Å². The highest BCUT2D eigenvalue weighted by Gasteiger charge is 2.19. The molecule has 1 aromatic carbocycles. The monoisotopic (exact) mass is 222 g/mol. The standard InChI is InChI=1S/C13H19FN2/c1-10-5-7-16(8-6-10)13-4-2-3-12(14)11(13)9-15/h2-4,10H,5-9,15H2,1H3. The van der Waals surface area contributed by atoms with Crippen LogP contribution in [0.4, 0.5) is 10.1 Å². The van der Waals surface area contributed by atoms with E-state index in [0.29, 0.717) is 5.56 Å². The van der Waals surface area contributed by atoms with Gasteiger partial charge in [0, 0.05) is 30.9 Å². The minimum Gasteiger partial charge on any atom is -0.371 e. The minimum atomic E-state index is -0.182. The van der Waals surface area contributed by atoms with E-state index >= 15 is 0 Å². The van der Waals surface area contributed by atoms with E-state index in [4.69, 9.17) is 5.73 Å². The number of piperidine rings is 1. The van der Waals surface area contributed by atoms with Gasteiger partial charge >= 0.3 is 0 Å². The number of halogens is 1. The molecule has 0 saturated carbocycles. The van der Waals surface area contributed by atoms with Gasteiger partial charge in [0.1, 0.15) is 5.82 Å². The number of hydrogen-bond acceptors (Lipinski definition) is 2. The Balaban J connectivity index is 2.23. The molecule has 0 aromatic heterocycles. The van der Waals surface area contributed by atoms with Gasteiger partial charge < -0.3 is 10.6 Å². The van der Waals surface area contributed by atoms with Crippen molar-refractivity contribution in [2.45, 2.75) is 26.3 Å². The normalized spacial score (nSPS) is 17.8. The molecule has 2 rings (SSSR count). The van der Waals surface area contributed by atoms with Crippen molar-refractivity contribution >= 4 is 5.69 Å². The van der Waals surface area contributed by atoms with Crippen LogP contribution in [0.15, 0.2) is 18.2 Å². The van der Waals surface area contributed by atoms with E-state index in [0.717, 1.165) is 24.7 Å². The molecule has 1 fully saturated rings. The van der Waals surface area contributed by atoms with Crippen molar-refractivity contribution in [3.63, 3.8) is 0 Å². The van der Waals surface area contributed by atoms with E-state index in [2.05, 4.69) is 11.8 Å². The fourth-order valence-electron chi connectivity index (χ4n) is 2.30.